The largest absolute Gasteiger partial charge is 0.382 e. The molecule has 0 aliphatic heterocycles. The molecule has 2 rings (SSSR count). The van der Waals surface area contributed by atoms with Crippen LogP contribution in [0.5, 0.6) is 0 Å². The zero-order valence-electron chi connectivity index (χ0n) is 13.6. The van der Waals surface area contributed by atoms with Gasteiger partial charge in [0, 0.05) is 25.3 Å². The molecule has 1 aromatic carbocycles. The highest BCUT2D eigenvalue weighted by Crippen LogP contribution is 2.31. The van der Waals surface area contributed by atoms with Crippen LogP contribution in [0.2, 0.25) is 5.02 Å². The monoisotopic (exact) mass is 318 g/mol. The summed E-state index contributed by atoms with van der Waals surface area (Å²) in [5, 5.41) is 5.04. The molecule has 0 unspecified atom stereocenters. The van der Waals surface area contributed by atoms with E-state index in [-0.39, 0.29) is 5.41 Å². The third-order valence-corrected chi connectivity index (χ3v) is 3.63. The summed E-state index contributed by atoms with van der Waals surface area (Å²) in [6.45, 7) is 4.53. The van der Waals surface area contributed by atoms with Crippen LogP contribution in [0.15, 0.2) is 43.1 Å². The van der Waals surface area contributed by atoms with E-state index in [1.54, 1.807) is 12.7 Å². The highest BCUT2D eigenvalue weighted by molar-refractivity contribution is 6.30. The lowest BCUT2D eigenvalue weighted by molar-refractivity contribution is 0.365. The van der Waals surface area contributed by atoms with Gasteiger partial charge in [-0.2, -0.15) is 5.10 Å². The number of rotatable bonds is 6. The molecule has 0 aliphatic rings. The van der Waals surface area contributed by atoms with Crippen LogP contribution in [-0.2, 0) is 6.42 Å². The number of benzene rings is 1. The van der Waals surface area contributed by atoms with E-state index >= 15 is 0 Å². The minimum Gasteiger partial charge on any atom is -0.382 e. The minimum atomic E-state index is 0.0988. The molecular weight excluding hydrogens is 296 g/mol. The Morgan fingerprint density at radius 1 is 1.27 bits per heavy atom. The fourth-order valence-corrected chi connectivity index (χ4v) is 2.67. The van der Waals surface area contributed by atoms with Crippen LogP contribution in [-0.4, -0.2) is 33.8 Å². The molecule has 0 atom stereocenters. The molecule has 5 heteroatoms. The Morgan fingerprint density at radius 2 is 1.95 bits per heavy atom. The number of halogens is 1. The van der Waals surface area contributed by atoms with Gasteiger partial charge in [0.05, 0.1) is 5.70 Å². The maximum absolute atomic E-state index is 5.96. The normalized spacial score (nSPS) is 12.5. The lowest BCUT2D eigenvalue weighted by Crippen LogP contribution is -2.19. The Labute approximate surface area is 137 Å². The fourth-order valence-electron chi connectivity index (χ4n) is 2.55. The van der Waals surface area contributed by atoms with Gasteiger partial charge in [-0.1, -0.05) is 37.6 Å². The molecule has 0 aliphatic carbocycles. The van der Waals surface area contributed by atoms with Crippen molar-refractivity contribution in [1.82, 2.24) is 19.7 Å². The van der Waals surface area contributed by atoms with Crippen LogP contribution < -0.4 is 0 Å². The average molecular weight is 319 g/mol. The maximum atomic E-state index is 5.96. The van der Waals surface area contributed by atoms with Crippen LogP contribution in [0.3, 0.4) is 0 Å². The number of aromatic nitrogens is 3. The third-order valence-electron chi connectivity index (χ3n) is 3.38. The maximum Gasteiger partial charge on any atom is 0.138 e. The summed E-state index contributed by atoms with van der Waals surface area (Å²) < 4.78 is 1.84. The highest BCUT2D eigenvalue weighted by atomic mass is 35.5. The topological polar surface area (TPSA) is 34.0 Å². The van der Waals surface area contributed by atoms with Gasteiger partial charge in [-0.05, 0) is 36.0 Å². The second-order valence-corrected chi connectivity index (χ2v) is 7.00. The predicted molar refractivity (Wildman–Crippen MR) is 91.5 cm³/mol. The van der Waals surface area contributed by atoms with Gasteiger partial charge >= 0.3 is 0 Å². The smallest absolute Gasteiger partial charge is 0.138 e. The quantitative estimate of drug-likeness (QED) is 0.808. The summed E-state index contributed by atoms with van der Waals surface area (Å²) in [6.07, 6.45) is 7.28. The zero-order valence-corrected chi connectivity index (χ0v) is 14.4. The van der Waals surface area contributed by atoms with Crippen LogP contribution >= 0.6 is 11.6 Å². The molecule has 4 nitrogen and oxygen atoms in total. The van der Waals surface area contributed by atoms with E-state index < -0.39 is 0 Å². The standard InChI is InChI=1S/C17H23ClN4/c1-17(2,9-14-5-7-15(18)8-6-14)10-16(11-21(3)4)22-13-19-12-20-22/h5-8,11-13H,9-10H2,1-4H3. The Kier molecular flexibility index (Phi) is 5.24. The third kappa shape index (κ3) is 4.88. The zero-order chi connectivity index (χ0) is 16.2. The summed E-state index contributed by atoms with van der Waals surface area (Å²) in [6, 6.07) is 8.08. The first-order valence-electron chi connectivity index (χ1n) is 7.32. The van der Waals surface area contributed by atoms with Crippen LogP contribution in [0.25, 0.3) is 5.70 Å². The summed E-state index contributed by atoms with van der Waals surface area (Å²) in [5.74, 6) is 0. The lowest BCUT2D eigenvalue weighted by atomic mass is 9.81. The van der Waals surface area contributed by atoms with Gasteiger partial charge in [0.25, 0.3) is 0 Å². The number of hydrogen-bond donors (Lipinski definition) is 0. The Bertz CT molecular complexity index is 613. The predicted octanol–water partition coefficient (Wildman–Crippen LogP) is 3.95. The molecular formula is C17H23ClN4. The molecule has 0 saturated carbocycles. The summed E-state index contributed by atoms with van der Waals surface area (Å²) >= 11 is 5.96. The molecule has 0 bridgehead atoms. The summed E-state index contributed by atoms with van der Waals surface area (Å²) in [5.41, 5.74) is 2.51. The first kappa shape index (κ1) is 16.6. The highest BCUT2D eigenvalue weighted by Gasteiger charge is 2.22. The molecule has 0 saturated heterocycles. The van der Waals surface area contributed by atoms with Gasteiger partial charge in [0.2, 0.25) is 0 Å². The van der Waals surface area contributed by atoms with Crippen molar-refractivity contribution >= 4 is 17.3 Å². The first-order chi connectivity index (χ1) is 10.4. The molecule has 2 aromatic rings. The minimum absolute atomic E-state index is 0.0988. The summed E-state index contributed by atoms with van der Waals surface area (Å²) in [4.78, 5) is 6.09. The van der Waals surface area contributed by atoms with Crippen molar-refractivity contribution < 1.29 is 0 Å². The van der Waals surface area contributed by atoms with Crippen molar-refractivity contribution in [3.63, 3.8) is 0 Å². The SMILES string of the molecule is CN(C)C=C(CC(C)(C)Cc1ccc(Cl)cc1)n1cncn1. The van der Waals surface area contributed by atoms with E-state index in [4.69, 9.17) is 11.6 Å². The number of nitrogens with zero attached hydrogens (tertiary/aromatic N) is 4. The van der Waals surface area contributed by atoms with Gasteiger partial charge in [-0.15, -0.1) is 0 Å². The van der Waals surface area contributed by atoms with Crippen molar-refractivity contribution in [2.45, 2.75) is 26.7 Å². The molecule has 118 valence electrons. The van der Waals surface area contributed by atoms with Gasteiger partial charge < -0.3 is 4.90 Å². The van der Waals surface area contributed by atoms with Gasteiger partial charge in [-0.3, -0.25) is 0 Å². The molecule has 0 spiro atoms. The van der Waals surface area contributed by atoms with Gasteiger partial charge in [-0.25, -0.2) is 9.67 Å². The Hall–Kier alpha value is -1.81. The average Bonchev–Trinajstić information content (AvgIpc) is 2.93. The van der Waals surface area contributed by atoms with Crippen molar-refractivity contribution in [3.8, 4) is 0 Å². The first-order valence-corrected chi connectivity index (χ1v) is 7.70. The second kappa shape index (κ2) is 6.97. The Morgan fingerprint density at radius 3 is 2.50 bits per heavy atom. The molecule has 0 N–H and O–H groups in total. The lowest BCUT2D eigenvalue weighted by Gasteiger charge is -2.26. The van der Waals surface area contributed by atoms with Crippen molar-refractivity contribution in [1.29, 1.82) is 0 Å². The van der Waals surface area contributed by atoms with Crippen LogP contribution in [0.1, 0.15) is 25.8 Å². The van der Waals surface area contributed by atoms with E-state index in [1.807, 2.05) is 35.8 Å². The van der Waals surface area contributed by atoms with E-state index in [9.17, 15) is 0 Å². The van der Waals surface area contributed by atoms with Crippen LogP contribution in [0, 0.1) is 5.41 Å². The van der Waals surface area contributed by atoms with E-state index in [1.165, 1.54) is 5.56 Å². The van der Waals surface area contributed by atoms with Crippen molar-refractivity contribution in [2.24, 2.45) is 5.41 Å². The van der Waals surface area contributed by atoms with Crippen molar-refractivity contribution in [2.75, 3.05) is 14.1 Å². The molecule has 0 fully saturated rings. The second-order valence-electron chi connectivity index (χ2n) is 6.57. The Balaban J connectivity index is 2.15. The van der Waals surface area contributed by atoms with Crippen molar-refractivity contribution in [3.05, 3.63) is 53.7 Å². The fraction of sp³-hybridized carbons (Fsp3) is 0.412. The van der Waals surface area contributed by atoms with E-state index in [0.717, 1.165) is 23.6 Å². The van der Waals surface area contributed by atoms with Gasteiger partial charge in [0.15, 0.2) is 0 Å². The van der Waals surface area contributed by atoms with E-state index in [2.05, 4.69) is 42.3 Å². The molecule has 22 heavy (non-hydrogen) atoms. The number of hydrogen-bond acceptors (Lipinski definition) is 3. The summed E-state index contributed by atoms with van der Waals surface area (Å²) in [7, 11) is 4.03. The molecule has 1 heterocycles. The van der Waals surface area contributed by atoms with E-state index in [0.29, 0.717) is 0 Å². The van der Waals surface area contributed by atoms with Crippen LogP contribution in [0.4, 0.5) is 0 Å². The molecule has 0 radical (unpaired) electrons. The molecule has 1 aromatic heterocycles. The number of allylic oxidation sites excluding steroid dienone is 1. The molecule has 0 amide bonds. The van der Waals surface area contributed by atoms with Gasteiger partial charge in [0.1, 0.15) is 12.7 Å².